The number of hydrogen-bond donors (Lipinski definition) is 1. The molecule has 1 aliphatic carbocycles. The zero-order valence-electron chi connectivity index (χ0n) is 4.98. The van der Waals surface area contributed by atoms with Crippen LogP contribution < -0.4 is 5.32 Å². The topological polar surface area (TPSA) is 12.0 Å². The third kappa shape index (κ3) is 1.24. The number of nitrogens with one attached hydrogen (secondary N) is 1. The maximum Gasteiger partial charge on any atom is 0.0575 e. The molecular weight excluding hydrogens is 98.1 g/mol. The molecule has 1 nitrogen and oxygen atoms in total. The summed E-state index contributed by atoms with van der Waals surface area (Å²) in [5.74, 6) is 2.56. The molecule has 0 amide bonds. The molecule has 0 aliphatic heterocycles. The van der Waals surface area contributed by atoms with Crippen LogP contribution in [0, 0.1) is 12.3 Å². The summed E-state index contributed by atoms with van der Waals surface area (Å²) in [5.41, 5.74) is 0. The van der Waals surface area contributed by atoms with Crippen LogP contribution in [0.1, 0.15) is 19.3 Å². The lowest BCUT2D eigenvalue weighted by atomic mass is 9.93. The van der Waals surface area contributed by atoms with E-state index in [4.69, 9.17) is 6.42 Å². The first-order valence-corrected chi connectivity index (χ1v) is 3.10. The summed E-state index contributed by atoms with van der Waals surface area (Å²) < 4.78 is 0. The molecule has 44 valence electrons. The van der Waals surface area contributed by atoms with Gasteiger partial charge in [0.05, 0.1) is 6.54 Å². The van der Waals surface area contributed by atoms with Crippen molar-refractivity contribution in [3.63, 3.8) is 0 Å². The van der Waals surface area contributed by atoms with Crippen molar-refractivity contribution in [2.24, 2.45) is 0 Å². The van der Waals surface area contributed by atoms with Gasteiger partial charge in [0.1, 0.15) is 0 Å². The van der Waals surface area contributed by atoms with Crippen molar-refractivity contribution in [1.82, 2.24) is 5.32 Å². The molecule has 0 aromatic heterocycles. The highest BCUT2D eigenvalue weighted by Gasteiger charge is 2.14. The number of hydrogen-bond acceptors (Lipinski definition) is 1. The van der Waals surface area contributed by atoms with E-state index in [0.717, 1.165) is 12.6 Å². The molecule has 1 heteroatoms. The predicted octanol–water partition coefficient (Wildman–Crippen LogP) is 0.762. The van der Waals surface area contributed by atoms with Gasteiger partial charge in [-0.3, -0.25) is 0 Å². The van der Waals surface area contributed by atoms with Gasteiger partial charge in [0.25, 0.3) is 0 Å². The smallest absolute Gasteiger partial charge is 0.0575 e. The van der Waals surface area contributed by atoms with E-state index in [2.05, 4.69) is 11.2 Å². The Hall–Kier alpha value is -0.480. The van der Waals surface area contributed by atoms with E-state index in [0.29, 0.717) is 0 Å². The Bertz CT molecular complexity index is 97.4. The Morgan fingerprint density at radius 1 is 1.62 bits per heavy atom. The van der Waals surface area contributed by atoms with Crippen molar-refractivity contribution in [2.45, 2.75) is 25.3 Å². The second kappa shape index (κ2) is 2.74. The summed E-state index contributed by atoms with van der Waals surface area (Å²) in [6, 6.07) is 0.742. The number of rotatable bonds is 2. The highest BCUT2D eigenvalue weighted by molar-refractivity contribution is 4.89. The molecule has 1 fully saturated rings. The Balaban J connectivity index is 1.95. The van der Waals surface area contributed by atoms with Crippen LogP contribution in [-0.4, -0.2) is 12.6 Å². The molecular formula is C7H11N. The van der Waals surface area contributed by atoms with E-state index in [1.165, 1.54) is 19.3 Å². The molecule has 0 saturated heterocycles. The van der Waals surface area contributed by atoms with Crippen molar-refractivity contribution in [3.05, 3.63) is 0 Å². The van der Waals surface area contributed by atoms with Gasteiger partial charge in [-0.15, -0.1) is 6.42 Å². The Morgan fingerprint density at radius 2 is 2.38 bits per heavy atom. The van der Waals surface area contributed by atoms with E-state index in [9.17, 15) is 0 Å². The average Bonchev–Trinajstić information content (AvgIpc) is 1.63. The van der Waals surface area contributed by atoms with E-state index in [1.807, 2.05) is 0 Å². The van der Waals surface area contributed by atoms with Crippen molar-refractivity contribution in [2.75, 3.05) is 6.54 Å². The third-order valence-corrected chi connectivity index (χ3v) is 1.60. The summed E-state index contributed by atoms with van der Waals surface area (Å²) in [5, 5.41) is 3.23. The van der Waals surface area contributed by atoms with Gasteiger partial charge >= 0.3 is 0 Å². The van der Waals surface area contributed by atoms with Gasteiger partial charge in [0, 0.05) is 6.04 Å². The van der Waals surface area contributed by atoms with E-state index < -0.39 is 0 Å². The van der Waals surface area contributed by atoms with Crippen LogP contribution in [0.25, 0.3) is 0 Å². The fourth-order valence-corrected chi connectivity index (χ4v) is 0.816. The van der Waals surface area contributed by atoms with Crippen LogP contribution in [-0.2, 0) is 0 Å². The second-order valence-corrected chi connectivity index (χ2v) is 2.21. The minimum absolute atomic E-state index is 0.741. The van der Waals surface area contributed by atoms with Crippen LogP contribution in [0.2, 0.25) is 0 Å². The fraction of sp³-hybridized carbons (Fsp3) is 0.714. The highest BCUT2D eigenvalue weighted by Crippen LogP contribution is 2.17. The van der Waals surface area contributed by atoms with Gasteiger partial charge in [-0.1, -0.05) is 12.3 Å². The van der Waals surface area contributed by atoms with Gasteiger partial charge < -0.3 is 5.32 Å². The molecule has 0 unspecified atom stereocenters. The van der Waals surface area contributed by atoms with Gasteiger partial charge in [-0.2, -0.15) is 0 Å². The molecule has 1 aliphatic rings. The highest BCUT2D eigenvalue weighted by atomic mass is 14.9. The summed E-state index contributed by atoms with van der Waals surface area (Å²) in [6.45, 7) is 0.741. The summed E-state index contributed by atoms with van der Waals surface area (Å²) in [4.78, 5) is 0. The Kier molecular flexibility index (Phi) is 1.93. The standard InChI is InChI=1S/C7H11N/c1-2-6-8-7-4-3-5-7/h1,7-8H,3-6H2. The third-order valence-electron chi connectivity index (χ3n) is 1.60. The van der Waals surface area contributed by atoms with Gasteiger partial charge in [0.15, 0.2) is 0 Å². The van der Waals surface area contributed by atoms with Crippen molar-refractivity contribution in [3.8, 4) is 12.3 Å². The molecule has 8 heavy (non-hydrogen) atoms. The van der Waals surface area contributed by atoms with Crippen LogP contribution in [0.15, 0.2) is 0 Å². The maximum atomic E-state index is 5.04. The lowest BCUT2D eigenvalue weighted by Gasteiger charge is -2.25. The minimum atomic E-state index is 0.741. The second-order valence-electron chi connectivity index (χ2n) is 2.21. The lowest BCUT2D eigenvalue weighted by Crippen LogP contribution is -2.35. The van der Waals surface area contributed by atoms with Crippen molar-refractivity contribution >= 4 is 0 Å². The van der Waals surface area contributed by atoms with Gasteiger partial charge in [0.2, 0.25) is 0 Å². The predicted molar refractivity (Wildman–Crippen MR) is 34.5 cm³/mol. The summed E-state index contributed by atoms with van der Waals surface area (Å²) in [7, 11) is 0. The molecule has 1 saturated carbocycles. The molecule has 0 aromatic carbocycles. The zero-order chi connectivity index (χ0) is 5.82. The molecule has 0 aromatic rings. The molecule has 0 bridgehead atoms. The van der Waals surface area contributed by atoms with Crippen molar-refractivity contribution in [1.29, 1.82) is 0 Å². The van der Waals surface area contributed by atoms with E-state index in [-0.39, 0.29) is 0 Å². The molecule has 1 N–H and O–H groups in total. The lowest BCUT2D eigenvalue weighted by molar-refractivity contribution is 0.353. The molecule has 0 radical (unpaired) electrons. The summed E-state index contributed by atoms with van der Waals surface area (Å²) in [6.07, 6.45) is 9.06. The summed E-state index contributed by atoms with van der Waals surface area (Å²) >= 11 is 0. The SMILES string of the molecule is C#CCNC1CCC1. The molecule has 0 atom stereocenters. The van der Waals surface area contributed by atoms with Crippen LogP contribution in [0.4, 0.5) is 0 Å². The van der Waals surface area contributed by atoms with Crippen LogP contribution >= 0.6 is 0 Å². The average molecular weight is 109 g/mol. The minimum Gasteiger partial charge on any atom is -0.303 e. The maximum absolute atomic E-state index is 5.04. The first-order valence-electron chi connectivity index (χ1n) is 3.10. The van der Waals surface area contributed by atoms with E-state index in [1.54, 1.807) is 0 Å². The Morgan fingerprint density at radius 3 is 2.75 bits per heavy atom. The zero-order valence-corrected chi connectivity index (χ0v) is 4.98. The quantitative estimate of drug-likeness (QED) is 0.516. The first kappa shape index (κ1) is 5.65. The van der Waals surface area contributed by atoms with Crippen molar-refractivity contribution < 1.29 is 0 Å². The Labute approximate surface area is 50.5 Å². The molecule has 0 spiro atoms. The van der Waals surface area contributed by atoms with Crippen LogP contribution in [0.5, 0.6) is 0 Å². The number of terminal acetylenes is 1. The largest absolute Gasteiger partial charge is 0.303 e. The van der Waals surface area contributed by atoms with Crippen LogP contribution in [0.3, 0.4) is 0 Å². The monoisotopic (exact) mass is 109 g/mol. The van der Waals surface area contributed by atoms with Gasteiger partial charge in [-0.05, 0) is 12.8 Å². The van der Waals surface area contributed by atoms with Gasteiger partial charge in [-0.25, -0.2) is 0 Å². The normalized spacial score (nSPS) is 19.4. The van der Waals surface area contributed by atoms with E-state index >= 15 is 0 Å². The first-order chi connectivity index (χ1) is 3.93. The molecule has 1 rings (SSSR count). The molecule has 0 heterocycles. The fourth-order valence-electron chi connectivity index (χ4n) is 0.816.